The quantitative estimate of drug-likeness (QED) is 0.512. The lowest BCUT2D eigenvalue weighted by molar-refractivity contribution is -0.173. The second-order valence-corrected chi connectivity index (χ2v) is 5.58. The Kier molecular flexibility index (Phi) is 8.12. The number of rotatable bonds is 8. The van der Waals surface area contributed by atoms with E-state index in [0.717, 1.165) is 20.8 Å². The molecule has 0 bridgehead atoms. The molecule has 1 N–H and O–H groups in total. The maximum absolute atomic E-state index is 12.4. The Bertz CT molecular complexity index is 725. The van der Waals surface area contributed by atoms with Crippen molar-refractivity contribution in [3.63, 3.8) is 0 Å². The van der Waals surface area contributed by atoms with Gasteiger partial charge in [0.1, 0.15) is 0 Å². The number of carbonyl (C=O) groups is 5. The molecule has 1 rings (SSSR count). The molecule has 1 aromatic rings. The number of ether oxygens (including phenoxy) is 3. The average molecular weight is 379 g/mol. The molecule has 0 radical (unpaired) electrons. The van der Waals surface area contributed by atoms with E-state index in [4.69, 9.17) is 9.47 Å². The lowest BCUT2D eigenvalue weighted by atomic mass is 10.1. The Morgan fingerprint density at radius 2 is 1.41 bits per heavy atom. The molecule has 9 nitrogen and oxygen atoms in total. The van der Waals surface area contributed by atoms with E-state index in [0.29, 0.717) is 11.1 Å². The van der Waals surface area contributed by atoms with E-state index in [1.165, 1.54) is 19.2 Å². The standard InChI is InChI=1S/C18H21NO8/c1-10(20)15(26-11(2)21)16(27-12(3)22)17(23)19-9-13-5-7-14(8-6-13)18(24)25-4/h5-8,15-16H,9H2,1-4H3,(H,19,23)/t15-,16+/m0/s1. The molecule has 9 heteroatoms. The van der Waals surface area contributed by atoms with Crippen molar-refractivity contribution < 1.29 is 38.2 Å². The van der Waals surface area contributed by atoms with Gasteiger partial charge in [-0.05, 0) is 24.6 Å². The minimum atomic E-state index is -1.61. The summed E-state index contributed by atoms with van der Waals surface area (Å²) in [5.74, 6) is -3.54. The molecule has 0 unspecified atom stereocenters. The predicted octanol–water partition coefficient (Wildman–Crippen LogP) is 0.542. The summed E-state index contributed by atoms with van der Waals surface area (Å²) in [7, 11) is 1.26. The van der Waals surface area contributed by atoms with Crippen molar-refractivity contribution >= 4 is 29.6 Å². The van der Waals surface area contributed by atoms with Crippen LogP contribution < -0.4 is 5.32 Å². The number of esters is 3. The van der Waals surface area contributed by atoms with Gasteiger partial charge in [-0.25, -0.2) is 4.79 Å². The maximum Gasteiger partial charge on any atom is 0.337 e. The minimum Gasteiger partial charge on any atom is -0.465 e. The van der Waals surface area contributed by atoms with Crippen molar-refractivity contribution in [2.45, 2.75) is 39.5 Å². The third-order valence-electron chi connectivity index (χ3n) is 3.36. The Morgan fingerprint density at radius 3 is 1.85 bits per heavy atom. The highest BCUT2D eigenvalue weighted by Gasteiger charge is 2.37. The SMILES string of the molecule is COC(=O)c1ccc(CNC(=O)[C@H](OC(C)=O)[C@@H](OC(C)=O)C(C)=O)cc1. The first-order valence-corrected chi connectivity index (χ1v) is 7.95. The Morgan fingerprint density at radius 1 is 0.889 bits per heavy atom. The van der Waals surface area contributed by atoms with Crippen LogP contribution >= 0.6 is 0 Å². The van der Waals surface area contributed by atoms with E-state index in [1.54, 1.807) is 12.1 Å². The van der Waals surface area contributed by atoms with Gasteiger partial charge < -0.3 is 19.5 Å². The Labute approximate surface area is 156 Å². The first-order chi connectivity index (χ1) is 12.6. The molecule has 1 amide bonds. The maximum atomic E-state index is 12.4. The minimum absolute atomic E-state index is 0.0305. The molecular formula is C18H21NO8. The van der Waals surface area contributed by atoms with E-state index in [2.05, 4.69) is 10.1 Å². The van der Waals surface area contributed by atoms with Gasteiger partial charge in [0.05, 0.1) is 12.7 Å². The summed E-state index contributed by atoms with van der Waals surface area (Å²) in [5.41, 5.74) is 0.987. The first-order valence-electron chi connectivity index (χ1n) is 7.95. The van der Waals surface area contributed by atoms with Crippen LogP contribution in [-0.2, 0) is 39.9 Å². The second kappa shape index (κ2) is 10.0. The summed E-state index contributed by atoms with van der Waals surface area (Å²) in [6, 6.07) is 6.24. The fourth-order valence-corrected chi connectivity index (χ4v) is 2.13. The van der Waals surface area contributed by atoms with Gasteiger partial charge in [0.25, 0.3) is 5.91 Å². The molecule has 0 aliphatic heterocycles. The van der Waals surface area contributed by atoms with Crippen molar-refractivity contribution in [1.82, 2.24) is 5.32 Å². The molecule has 0 fully saturated rings. The lowest BCUT2D eigenvalue weighted by Crippen LogP contribution is -2.49. The van der Waals surface area contributed by atoms with Gasteiger partial charge in [0, 0.05) is 20.4 Å². The third kappa shape index (κ3) is 6.89. The Balaban J connectivity index is 2.86. The van der Waals surface area contributed by atoms with E-state index in [-0.39, 0.29) is 6.54 Å². The van der Waals surface area contributed by atoms with Crippen LogP contribution in [0.3, 0.4) is 0 Å². The van der Waals surface area contributed by atoms with E-state index in [1.807, 2.05) is 0 Å². The summed E-state index contributed by atoms with van der Waals surface area (Å²) in [6.07, 6.45) is -3.16. The van der Waals surface area contributed by atoms with E-state index in [9.17, 15) is 24.0 Å². The zero-order valence-corrected chi connectivity index (χ0v) is 15.4. The number of methoxy groups -OCH3 is 1. The molecule has 1 aromatic carbocycles. The fourth-order valence-electron chi connectivity index (χ4n) is 2.13. The lowest BCUT2D eigenvalue weighted by Gasteiger charge is -2.23. The number of benzene rings is 1. The second-order valence-electron chi connectivity index (χ2n) is 5.58. The van der Waals surface area contributed by atoms with Crippen molar-refractivity contribution in [2.75, 3.05) is 7.11 Å². The summed E-state index contributed by atoms with van der Waals surface area (Å²) in [4.78, 5) is 58.0. The molecular weight excluding hydrogens is 358 g/mol. The number of amides is 1. The summed E-state index contributed by atoms with van der Waals surface area (Å²) >= 11 is 0. The summed E-state index contributed by atoms with van der Waals surface area (Å²) < 4.78 is 14.3. The van der Waals surface area contributed by atoms with Gasteiger partial charge in [0.15, 0.2) is 5.78 Å². The van der Waals surface area contributed by atoms with Gasteiger partial charge in [-0.3, -0.25) is 19.2 Å². The number of ketones is 1. The molecule has 0 spiro atoms. The highest BCUT2D eigenvalue weighted by molar-refractivity contribution is 5.93. The van der Waals surface area contributed by atoms with Crippen LogP contribution in [0, 0.1) is 0 Å². The molecule has 146 valence electrons. The van der Waals surface area contributed by atoms with E-state index < -0.39 is 41.8 Å². The summed E-state index contributed by atoms with van der Waals surface area (Å²) in [6.45, 7) is 3.28. The third-order valence-corrected chi connectivity index (χ3v) is 3.36. The predicted molar refractivity (Wildman–Crippen MR) is 91.4 cm³/mol. The van der Waals surface area contributed by atoms with E-state index >= 15 is 0 Å². The van der Waals surface area contributed by atoms with Crippen molar-refractivity contribution in [2.24, 2.45) is 0 Å². The zero-order valence-electron chi connectivity index (χ0n) is 15.4. The molecule has 0 saturated carbocycles. The highest BCUT2D eigenvalue weighted by Crippen LogP contribution is 2.10. The van der Waals surface area contributed by atoms with Crippen LogP contribution in [0.5, 0.6) is 0 Å². The van der Waals surface area contributed by atoms with Crippen LogP contribution in [0.4, 0.5) is 0 Å². The summed E-state index contributed by atoms with van der Waals surface area (Å²) in [5, 5.41) is 2.50. The molecule has 0 saturated heterocycles. The van der Waals surface area contributed by atoms with Gasteiger partial charge >= 0.3 is 17.9 Å². The van der Waals surface area contributed by atoms with Crippen molar-refractivity contribution in [3.8, 4) is 0 Å². The average Bonchev–Trinajstić information content (AvgIpc) is 2.61. The number of nitrogens with one attached hydrogen (secondary N) is 1. The molecule has 0 aliphatic carbocycles. The van der Waals surface area contributed by atoms with Crippen LogP contribution in [-0.4, -0.2) is 48.9 Å². The monoisotopic (exact) mass is 379 g/mol. The van der Waals surface area contributed by atoms with Gasteiger partial charge in [-0.1, -0.05) is 12.1 Å². The van der Waals surface area contributed by atoms with Crippen LogP contribution in [0.25, 0.3) is 0 Å². The molecule has 2 atom stereocenters. The van der Waals surface area contributed by atoms with Crippen LogP contribution in [0.15, 0.2) is 24.3 Å². The largest absolute Gasteiger partial charge is 0.465 e. The normalized spacial score (nSPS) is 12.3. The number of carbonyl (C=O) groups excluding carboxylic acids is 5. The van der Waals surface area contributed by atoms with Gasteiger partial charge in [0.2, 0.25) is 12.2 Å². The fraction of sp³-hybridized carbons (Fsp3) is 0.389. The topological polar surface area (TPSA) is 125 Å². The van der Waals surface area contributed by atoms with Gasteiger partial charge in [-0.2, -0.15) is 0 Å². The molecule has 27 heavy (non-hydrogen) atoms. The number of Topliss-reactive ketones (excluding diaryl/α,β-unsaturated/α-hetero) is 1. The smallest absolute Gasteiger partial charge is 0.337 e. The Hall–Kier alpha value is -3.23. The molecule has 0 heterocycles. The van der Waals surface area contributed by atoms with Gasteiger partial charge in [-0.15, -0.1) is 0 Å². The number of hydrogen-bond donors (Lipinski definition) is 1. The first kappa shape index (κ1) is 21.8. The van der Waals surface area contributed by atoms with Crippen molar-refractivity contribution in [3.05, 3.63) is 35.4 Å². The zero-order chi connectivity index (χ0) is 20.6. The number of hydrogen-bond acceptors (Lipinski definition) is 8. The molecule has 0 aromatic heterocycles. The van der Waals surface area contributed by atoms with Crippen LogP contribution in [0.1, 0.15) is 36.7 Å². The van der Waals surface area contributed by atoms with Crippen molar-refractivity contribution in [1.29, 1.82) is 0 Å². The highest BCUT2D eigenvalue weighted by atomic mass is 16.6. The van der Waals surface area contributed by atoms with Crippen LogP contribution in [0.2, 0.25) is 0 Å². The molecule has 0 aliphatic rings.